The van der Waals surface area contributed by atoms with Crippen LogP contribution in [0.5, 0.6) is 5.75 Å². The molecule has 0 bridgehead atoms. The number of esters is 1. The van der Waals surface area contributed by atoms with Crippen molar-refractivity contribution < 1.29 is 14.3 Å². The van der Waals surface area contributed by atoms with Crippen LogP contribution in [0.4, 0.5) is 0 Å². The van der Waals surface area contributed by atoms with Gasteiger partial charge in [-0.25, -0.2) is 4.79 Å². The van der Waals surface area contributed by atoms with Crippen LogP contribution in [0.1, 0.15) is 76.2 Å². The fourth-order valence-electron chi connectivity index (χ4n) is 3.78. The molecule has 1 saturated carbocycles. The van der Waals surface area contributed by atoms with Gasteiger partial charge in [0, 0.05) is 12.5 Å². The molecule has 3 nitrogen and oxygen atoms in total. The van der Waals surface area contributed by atoms with Crippen LogP contribution < -0.4 is 4.74 Å². The number of unbranched alkanes of at least 4 members (excludes halogenated alkanes) is 2. The van der Waals surface area contributed by atoms with E-state index in [1.54, 1.807) is 0 Å². The maximum absolute atomic E-state index is 10.9. The van der Waals surface area contributed by atoms with Gasteiger partial charge < -0.3 is 9.47 Å². The maximum Gasteiger partial charge on any atom is 0.330 e. The number of carbonyl (C=O) groups excluding carboxylic acids is 1. The molecule has 1 aliphatic carbocycles. The molecule has 2 rings (SSSR count). The van der Waals surface area contributed by atoms with Crippen molar-refractivity contribution in [3.8, 4) is 5.75 Å². The van der Waals surface area contributed by atoms with Crippen LogP contribution in [-0.4, -0.2) is 19.2 Å². The van der Waals surface area contributed by atoms with Crippen molar-refractivity contribution in [2.75, 3.05) is 13.2 Å². The summed E-state index contributed by atoms with van der Waals surface area (Å²) in [5.74, 6) is 2.17. The second kappa shape index (κ2) is 11.8. The van der Waals surface area contributed by atoms with Crippen LogP contribution in [0.3, 0.4) is 0 Å². The fraction of sp³-hybridized carbons (Fsp3) is 0.609. The van der Waals surface area contributed by atoms with Crippen LogP contribution in [0.2, 0.25) is 0 Å². The third-order valence-electron chi connectivity index (χ3n) is 5.38. The van der Waals surface area contributed by atoms with E-state index in [0.29, 0.717) is 25.6 Å². The van der Waals surface area contributed by atoms with Gasteiger partial charge in [-0.3, -0.25) is 0 Å². The third kappa shape index (κ3) is 7.23. The van der Waals surface area contributed by atoms with Crippen LogP contribution in [0, 0.1) is 5.92 Å². The summed E-state index contributed by atoms with van der Waals surface area (Å²) < 4.78 is 10.6. The highest BCUT2D eigenvalue weighted by Gasteiger charge is 2.21. The number of benzene rings is 1. The Hall–Kier alpha value is -1.77. The Balaban J connectivity index is 1.66. The van der Waals surface area contributed by atoms with Crippen molar-refractivity contribution in [3.05, 3.63) is 42.5 Å². The molecule has 0 heterocycles. The Morgan fingerprint density at radius 3 is 2.46 bits per heavy atom. The fourth-order valence-corrected chi connectivity index (χ4v) is 3.78. The normalized spacial score (nSPS) is 19.7. The zero-order chi connectivity index (χ0) is 18.6. The highest BCUT2D eigenvalue weighted by molar-refractivity contribution is 5.81. The number of hydrogen-bond acceptors (Lipinski definition) is 3. The summed E-state index contributed by atoms with van der Waals surface area (Å²) >= 11 is 0. The lowest BCUT2D eigenvalue weighted by molar-refractivity contribution is -0.137. The molecule has 0 N–H and O–H groups in total. The van der Waals surface area contributed by atoms with Gasteiger partial charge in [0.2, 0.25) is 0 Å². The summed E-state index contributed by atoms with van der Waals surface area (Å²) in [6, 6.07) is 8.57. The maximum atomic E-state index is 10.9. The van der Waals surface area contributed by atoms with E-state index in [9.17, 15) is 4.79 Å². The van der Waals surface area contributed by atoms with Crippen LogP contribution in [0.25, 0.3) is 0 Å². The first-order valence-corrected chi connectivity index (χ1v) is 10.2. The Bertz CT molecular complexity index is 527. The first kappa shape index (κ1) is 20.5. The lowest BCUT2D eigenvalue weighted by atomic mass is 9.77. The van der Waals surface area contributed by atoms with Crippen molar-refractivity contribution in [1.82, 2.24) is 0 Å². The summed E-state index contributed by atoms with van der Waals surface area (Å²) in [6.45, 7) is 6.56. The van der Waals surface area contributed by atoms with Gasteiger partial charge >= 0.3 is 5.97 Å². The van der Waals surface area contributed by atoms with E-state index in [1.165, 1.54) is 63.0 Å². The summed E-state index contributed by atoms with van der Waals surface area (Å²) in [5.41, 5.74) is 1.45. The van der Waals surface area contributed by atoms with Crippen LogP contribution in [0.15, 0.2) is 36.9 Å². The van der Waals surface area contributed by atoms with E-state index in [-0.39, 0.29) is 5.97 Å². The van der Waals surface area contributed by atoms with E-state index in [4.69, 9.17) is 9.47 Å². The number of rotatable bonds is 11. The Kier molecular flexibility index (Phi) is 9.30. The topological polar surface area (TPSA) is 35.5 Å². The molecule has 1 fully saturated rings. The first-order valence-electron chi connectivity index (χ1n) is 10.2. The minimum absolute atomic E-state index is 0.366. The second-order valence-electron chi connectivity index (χ2n) is 7.36. The molecule has 3 heteroatoms. The predicted molar refractivity (Wildman–Crippen MR) is 107 cm³/mol. The zero-order valence-electron chi connectivity index (χ0n) is 16.3. The molecule has 144 valence electrons. The Labute approximate surface area is 158 Å². The molecule has 1 aromatic carbocycles. The average molecular weight is 359 g/mol. The Morgan fingerprint density at radius 1 is 1.08 bits per heavy atom. The average Bonchev–Trinajstić information content (AvgIpc) is 2.69. The van der Waals surface area contributed by atoms with Gasteiger partial charge in [-0.2, -0.15) is 0 Å². The highest BCUT2D eigenvalue weighted by atomic mass is 16.5. The summed E-state index contributed by atoms with van der Waals surface area (Å²) in [6.07, 6.45) is 12.8. The van der Waals surface area contributed by atoms with E-state index in [0.717, 1.165) is 11.7 Å². The smallest absolute Gasteiger partial charge is 0.330 e. The summed E-state index contributed by atoms with van der Waals surface area (Å²) in [5, 5.41) is 0. The Morgan fingerprint density at radius 2 is 1.81 bits per heavy atom. The molecule has 1 aromatic rings. The van der Waals surface area contributed by atoms with Crippen LogP contribution >= 0.6 is 0 Å². The van der Waals surface area contributed by atoms with Gasteiger partial charge in [-0.1, -0.05) is 51.3 Å². The van der Waals surface area contributed by atoms with E-state index < -0.39 is 0 Å². The molecule has 0 unspecified atom stereocenters. The summed E-state index contributed by atoms with van der Waals surface area (Å²) in [7, 11) is 0. The van der Waals surface area contributed by atoms with E-state index in [1.807, 2.05) is 0 Å². The minimum atomic E-state index is -0.380. The van der Waals surface area contributed by atoms with Gasteiger partial charge in [0.15, 0.2) is 0 Å². The van der Waals surface area contributed by atoms with Gasteiger partial charge in [-0.15, -0.1) is 0 Å². The molecule has 0 atom stereocenters. The molecular weight excluding hydrogens is 324 g/mol. The van der Waals surface area contributed by atoms with Crippen molar-refractivity contribution >= 4 is 5.97 Å². The second-order valence-corrected chi connectivity index (χ2v) is 7.36. The molecule has 0 amide bonds. The van der Waals surface area contributed by atoms with Crippen molar-refractivity contribution in [2.45, 2.75) is 70.6 Å². The third-order valence-corrected chi connectivity index (χ3v) is 5.38. The van der Waals surface area contributed by atoms with Gasteiger partial charge in [0.25, 0.3) is 0 Å². The quantitative estimate of drug-likeness (QED) is 0.275. The zero-order valence-corrected chi connectivity index (χ0v) is 16.3. The molecule has 0 spiro atoms. The molecule has 26 heavy (non-hydrogen) atoms. The molecular formula is C23H34O3. The van der Waals surface area contributed by atoms with E-state index >= 15 is 0 Å². The molecule has 0 radical (unpaired) electrons. The summed E-state index contributed by atoms with van der Waals surface area (Å²) in [4.78, 5) is 10.9. The lowest BCUT2D eigenvalue weighted by Gasteiger charge is -2.29. The largest absolute Gasteiger partial charge is 0.493 e. The molecule has 0 aromatic heterocycles. The van der Waals surface area contributed by atoms with Gasteiger partial charge in [0.05, 0.1) is 13.2 Å². The van der Waals surface area contributed by atoms with Crippen LogP contribution in [-0.2, 0) is 9.53 Å². The molecule has 1 aliphatic rings. The lowest BCUT2D eigenvalue weighted by Crippen LogP contribution is -2.13. The number of ether oxygens (including phenoxy) is 2. The van der Waals surface area contributed by atoms with Gasteiger partial charge in [-0.05, 0) is 55.2 Å². The van der Waals surface area contributed by atoms with Crippen molar-refractivity contribution in [3.63, 3.8) is 0 Å². The predicted octanol–water partition coefficient (Wildman–Crippen LogP) is 6.04. The number of carbonyl (C=O) groups is 1. The highest BCUT2D eigenvalue weighted by Crippen LogP contribution is 2.38. The SMILES string of the molecule is C=CC(=O)OCCCOc1ccc(C2CCC(CCCCC)CC2)cc1. The van der Waals surface area contributed by atoms with E-state index in [2.05, 4.69) is 37.8 Å². The number of hydrogen-bond donors (Lipinski definition) is 0. The first-order chi connectivity index (χ1) is 12.7. The monoisotopic (exact) mass is 358 g/mol. The van der Waals surface area contributed by atoms with Crippen molar-refractivity contribution in [2.24, 2.45) is 5.92 Å². The van der Waals surface area contributed by atoms with Gasteiger partial charge in [0.1, 0.15) is 5.75 Å². The molecule has 0 saturated heterocycles. The standard InChI is InChI=1S/C23H34O3/c1-3-5-6-8-19-9-11-20(12-10-19)21-13-15-22(16-14-21)25-17-7-18-26-23(24)4-2/h4,13-16,19-20H,2-3,5-12,17-18H2,1H3. The molecule has 0 aliphatic heterocycles. The minimum Gasteiger partial charge on any atom is -0.493 e. The van der Waals surface area contributed by atoms with Crippen molar-refractivity contribution in [1.29, 1.82) is 0 Å².